The highest BCUT2D eigenvalue weighted by atomic mass is 79.9. The lowest BCUT2D eigenvalue weighted by molar-refractivity contribution is 0.736. The minimum Gasteiger partial charge on any atom is -0.323 e. The summed E-state index contributed by atoms with van der Waals surface area (Å²) in [6.45, 7) is 0. The largest absolute Gasteiger partial charge is 0.323 e. The first-order valence-corrected chi connectivity index (χ1v) is 6.89. The molecule has 0 aliphatic carbocycles. The second kappa shape index (κ2) is 5.32. The Kier molecular flexibility index (Phi) is 4.03. The Bertz CT molecular complexity index is 483. The molecule has 2 N–H and O–H groups in total. The van der Waals surface area contributed by atoms with E-state index in [1.165, 1.54) is 5.56 Å². The van der Waals surface area contributed by atoms with Crippen LogP contribution in [0.15, 0.2) is 40.9 Å². The molecule has 1 atom stereocenters. The number of thiophene rings is 1. The van der Waals surface area contributed by atoms with Crippen LogP contribution in [0.5, 0.6) is 0 Å². The summed E-state index contributed by atoms with van der Waals surface area (Å²) in [4.78, 5) is 1.13. The van der Waals surface area contributed by atoms with Gasteiger partial charge in [-0.2, -0.15) is 0 Å². The molecule has 0 radical (unpaired) electrons. The monoisotopic (exact) mass is 315 g/mol. The van der Waals surface area contributed by atoms with Crippen LogP contribution < -0.4 is 5.73 Å². The summed E-state index contributed by atoms with van der Waals surface area (Å²) >= 11 is 10.9. The van der Waals surface area contributed by atoms with Gasteiger partial charge in [0.25, 0.3) is 0 Å². The van der Waals surface area contributed by atoms with E-state index in [0.29, 0.717) is 0 Å². The lowest BCUT2D eigenvalue weighted by Crippen LogP contribution is -2.11. The molecule has 1 aromatic heterocycles. The van der Waals surface area contributed by atoms with Gasteiger partial charge in [0.05, 0.1) is 4.34 Å². The number of nitrogens with two attached hydrogens (primary N) is 1. The zero-order chi connectivity index (χ0) is 11.5. The Labute approximate surface area is 112 Å². The molecule has 0 spiro atoms. The topological polar surface area (TPSA) is 26.0 Å². The highest BCUT2D eigenvalue weighted by molar-refractivity contribution is 9.10. The molecule has 4 heteroatoms. The normalized spacial score (nSPS) is 12.7. The molecule has 0 fully saturated rings. The summed E-state index contributed by atoms with van der Waals surface area (Å²) in [6, 6.07) is 12.1. The maximum Gasteiger partial charge on any atom is 0.0931 e. The zero-order valence-electron chi connectivity index (χ0n) is 8.49. The van der Waals surface area contributed by atoms with Crippen molar-refractivity contribution >= 4 is 38.9 Å². The fourth-order valence-electron chi connectivity index (χ4n) is 1.55. The van der Waals surface area contributed by atoms with Crippen LogP contribution in [-0.2, 0) is 6.42 Å². The average molecular weight is 317 g/mol. The van der Waals surface area contributed by atoms with Crippen molar-refractivity contribution in [3.05, 3.63) is 55.6 Å². The SMILES string of the molecule is NC(Cc1cccc(Br)c1)c1ccc(Cl)s1. The van der Waals surface area contributed by atoms with Crippen LogP contribution in [0.2, 0.25) is 4.34 Å². The first-order valence-electron chi connectivity index (χ1n) is 4.90. The van der Waals surface area contributed by atoms with Crippen molar-refractivity contribution < 1.29 is 0 Å². The predicted molar refractivity (Wildman–Crippen MR) is 74.1 cm³/mol. The van der Waals surface area contributed by atoms with Gasteiger partial charge < -0.3 is 5.73 Å². The van der Waals surface area contributed by atoms with Crippen molar-refractivity contribution in [1.29, 1.82) is 0 Å². The molecule has 2 rings (SSSR count). The molecule has 1 unspecified atom stereocenters. The van der Waals surface area contributed by atoms with E-state index >= 15 is 0 Å². The van der Waals surface area contributed by atoms with E-state index in [1.54, 1.807) is 11.3 Å². The van der Waals surface area contributed by atoms with Gasteiger partial charge in [-0.15, -0.1) is 11.3 Å². The highest BCUT2D eigenvalue weighted by Crippen LogP contribution is 2.27. The summed E-state index contributed by atoms with van der Waals surface area (Å²) in [5, 5.41) is 0. The van der Waals surface area contributed by atoms with Crippen LogP contribution in [0, 0.1) is 0 Å². The van der Waals surface area contributed by atoms with Gasteiger partial charge in [-0.25, -0.2) is 0 Å². The Balaban J connectivity index is 2.10. The standard InChI is InChI=1S/C12H11BrClNS/c13-9-3-1-2-8(6-9)7-10(15)11-4-5-12(14)16-11/h1-6,10H,7,15H2. The van der Waals surface area contributed by atoms with Gasteiger partial charge in [0.1, 0.15) is 0 Å². The zero-order valence-corrected chi connectivity index (χ0v) is 11.6. The molecule has 0 aliphatic rings. The molecule has 0 bridgehead atoms. The Hall–Kier alpha value is -0.350. The molecule has 0 saturated carbocycles. The van der Waals surface area contributed by atoms with E-state index in [2.05, 4.69) is 28.1 Å². The second-order valence-electron chi connectivity index (χ2n) is 3.58. The van der Waals surface area contributed by atoms with Crippen molar-refractivity contribution in [2.45, 2.75) is 12.5 Å². The Morgan fingerprint density at radius 3 is 2.75 bits per heavy atom. The van der Waals surface area contributed by atoms with Crippen LogP contribution in [0.25, 0.3) is 0 Å². The predicted octanol–water partition coefficient (Wildman–Crippen LogP) is 4.41. The third kappa shape index (κ3) is 3.08. The minimum atomic E-state index is 0.0202. The summed E-state index contributed by atoms with van der Waals surface area (Å²) < 4.78 is 1.88. The van der Waals surface area contributed by atoms with Crippen molar-refractivity contribution in [2.75, 3.05) is 0 Å². The Morgan fingerprint density at radius 1 is 1.31 bits per heavy atom. The van der Waals surface area contributed by atoms with Gasteiger partial charge >= 0.3 is 0 Å². The van der Waals surface area contributed by atoms with Crippen LogP contribution in [0.3, 0.4) is 0 Å². The summed E-state index contributed by atoms with van der Waals surface area (Å²) in [7, 11) is 0. The van der Waals surface area contributed by atoms with Crippen LogP contribution in [0.1, 0.15) is 16.5 Å². The molecule has 84 valence electrons. The van der Waals surface area contributed by atoms with Gasteiger partial charge in [-0.1, -0.05) is 39.7 Å². The van der Waals surface area contributed by atoms with Gasteiger partial charge in [0, 0.05) is 15.4 Å². The molecular formula is C12H11BrClNS. The third-order valence-electron chi connectivity index (χ3n) is 2.30. The van der Waals surface area contributed by atoms with Crippen molar-refractivity contribution in [3.8, 4) is 0 Å². The maximum atomic E-state index is 6.13. The first kappa shape index (κ1) is 12.1. The van der Waals surface area contributed by atoms with Crippen LogP contribution in [-0.4, -0.2) is 0 Å². The molecule has 2 aromatic rings. The molecular weight excluding hydrogens is 306 g/mol. The summed E-state index contributed by atoms with van der Waals surface area (Å²) in [5.41, 5.74) is 7.36. The minimum absolute atomic E-state index is 0.0202. The number of halogens is 2. The van der Waals surface area contributed by atoms with E-state index < -0.39 is 0 Å². The number of rotatable bonds is 3. The molecule has 1 nitrogen and oxygen atoms in total. The van der Waals surface area contributed by atoms with Crippen LogP contribution in [0.4, 0.5) is 0 Å². The first-order chi connectivity index (χ1) is 7.65. The lowest BCUT2D eigenvalue weighted by Gasteiger charge is -2.09. The van der Waals surface area contributed by atoms with E-state index in [1.807, 2.05) is 24.3 Å². The molecule has 16 heavy (non-hydrogen) atoms. The quantitative estimate of drug-likeness (QED) is 0.892. The average Bonchev–Trinajstić information content (AvgIpc) is 2.65. The third-order valence-corrected chi connectivity index (χ3v) is 4.16. The Morgan fingerprint density at radius 2 is 2.12 bits per heavy atom. The molecule has 0 saturated heterocycles. The van der Waals surface area contributed by atoms with Gasteiger partial charge in [-0.05, 0) is 36.2 Å². The van der Waals surface area contributed by atoms with Crippen LogP contribution >= 0.6 is 38.9 Å². The van der Waals surface area contributed by atoms with Gasteiger partial charge in [0.15, 0.2) is 0 Å². The second-order valence-corrected chi connectivity index (χ2v) is 6.24. The van der Waals surface area contributed by atoms with E-state index in [-0.39, 0.29) is 6.04 Å². The van der Waals surface area contributed by atoms with E-state index in [4.69, 9.17) is 17.3 Å². The van der Waals surface area contributed by atoms with E-state index in [0.717, 1.165) is 20.1 Å². The maximum absolute atomic E-state index is 6.13. The summed E-state index contributed by atoms with van der Waals surface area (Å²) in [5.74, 6) is 0. The number of benzene rings is 1. The van der Waals surface area contributed by atoms with E-state index in [9.17, 15) is 0 Å². The van der Waals surface area contributed by atoms with Gasteiger partial charge in [-0.3, -0.25) is 0 Å². The van der Waals surface area contributed by atoms with Crippen molar-refractivity contribution in [2.24, 2.45) is 5.73 Å². The molecule has 1 heterocycles. The fourth-order valence-corrected chi connectivity index (χ4v) is 3.05. The highest BCUT2D eigenvalue weighted by Gasteiger charge is 2.09. The smallest absolute Gasteiger partial charge is 0.0931 e. The number of hydrogen-bond donors (Lipinski definition) is 1. The van der Waals surface area contributed by atoms with Crippen molar-refractivity contribution in [3.63, 3.8) is 0 Å². The summed E-state index contributed by atoms with van der Waals surface area (Å²) in [6.07, 6.45) is 0.830. The van der Waals surface area contributed by atoms with Gasteiger partial charge in [0.2, 0.25) is 0 Å². The molecule has 1 aromatic carbocycles. The molecule has 0 amide bonds. The van der Waals surface area contributed by atoms with Crippen molar-refractivity contribution in [1.82, 2.24) is 0 Å². The number of hydrogen-bond acceptors (Lipinski definition) is 2. The molecule has 0 aliphatic heterocycles. The lowest BCUT2D eigenvalue weighted by atomic mass is 10.1. The fraction of sp³-hybridized carbons (Fsp3) is 0.167.